The first-order valence-corrected chi connectivity index (χ1v) is 12.4. The molecule has 1 spiro atoms. The number of amides is 1. The first-order valence-electron chi connectivity index (χ1n) is 12.4. The van der Waals surface area contributed by atoms with Gasteiger partial charge < -0.3 is 4.90 Å². The standard InChI is InChI=1S/C29H26F2N4O/c1-34-23-12-26(29(13-23)14-27(29)34)35(28(36)17-2-6-22(30)7-3-17)16-21-11-18(4-8-24(21)31)19-5-9-25-20(10-19)15-32-33-25/h2-11,15,23,26-27H,12-14,16H2,1H3,(H,32,33). The molecule has 1 aromatic heterocycles. The van der Waals surface area contributed by atoms with Gasteiger partial charge in [0, 0.05) is 46.6 Å². The predicted molar refractivity (Wildman–Crippen MR) is 133 cm³/mol. The first-order chi connectivity index (χ1) is 17.4. The number of aromatic amines is 1. The fourth-order valence-electron chi connectivity index (χ4n) is 6.84. The summed E-state index contributed by atoms with van der Waals surface area (Å²) in [5.41, 5.74) is 3.80. The maximum Gasteiger partial charge on any atom is 0.254 e. The van der Waals surface area contributed by atoms with Crippen LogP contribution in [0.4, 0.5) is 8.78 Å². The third kappa shape index (κ3) is 3.22. The number of nitrogens with one attached hydrogen (secondary N) is 1. The summed E-state index contributed by atoms with van der Waals surface area (Å²) >= 11 is 0. The van der Waals surface area contributed by atoms with Crippen molar-refractivity contribution in [3.8, 4) is 11.1 Å². The molecule has 182 valence electrons. The monoisotopic (exact) mass is 484 g/mol. The lowest BCUT2D eigenvalue weighted by Gasteiger charge is -2.37. The molecule has 1 saturated heterocycles. The minimum absolute atomic E-state index is 0.0478. The van der Waals surface area contributed by atoms with Gasteiger partial charge in [-0.05, 0) is 86.0 Å². The van der Waals surface area contributed by atoms with Gasteiger partial charge >= 0.3 is 0 Å². The van der Waals surface area contributed by atoms with E-state index in [1.165, 1.54) is 30.3 Å². The fraction of sp³-hybridized carbons (Fsp3) is 0.310. The van der Waals surface area contributed by atoms with Crippen LogP contribution in [0.3, 0.4) is 0 Å². The Kier molecular flexibility index (Phi) is 4.64. The van der Waals surface area contributed by atoms with Crippen molar-refractivity contribution in [1.29, 1.82) is 0 Å². The SMILES string of the molecule is CN1C2CC(N(Cc3cc(-c4ccc5[nH]ncc5c4)ccc3F)C(=O)c3ccc(F)cc3)C3(C2)CC13. The summed E-state index contributed by atoms with van der Waals surface area (Å²) in [6.45, 7) is 0.180. The van der Waals surface area contributed by atoms with Gasteiger partial charge in [-0.3, -0.25) is 14.8 Å². The van der Waals surface area contributed by atoms with Gasteiger partial charge in [0.25, 0.3) is 5.91 Å². The average Bonchev–Trinajstić information content (AvgIpc) is 3.14. The second-order valence-corrected chi connectivity index (χ2v) is 10.6. The molecule has 4 atom stereocenters. The quantitative estimate of drug-likeness (QED) is 0.414. The Balaban J connectivity index is 1.26. The van der Waals surface area contributed by atoms with Crippen LogP contribution >= 0.6 is 0 Å². The van der Waals surface area contributed by atoms with Crippen LogP contribution in [0.1, 0.15) is 35.2 Å². The molecule has 5 nitrogen and oxygen atoms in total. The van der Waals surface area contributed by atoms with Crippen LogP contribution < -0.4 is 0 Å². The molecule has 36 heavy (non-hydrogen) atoms. The van der Waals surface area contributed by atoms with Crippen molar-refractivity contribution in [3.63, 3.8) is 0 Å². The molecule has 2 bridgehead atoms. The van der Waals surface area contributed by atoms with Crippen LogP contribution in [-0.2, 0) is 6.54 Å². The number of H-pyrrole nitrogens is 1. The van der Waals surface area contributed by atoms with Gasteiger partial charge in [-0.1, -0.05) is 12.1 Å². The molecule has 7 rings (SSSR count). The summed E-state index contributed by atoms with van der Waals surface area (Å²) < 4.78 is 28.8. The second kappa shape index (κ2) is 7.71. The Morgan fingerprint density at radius 2 is 1.86 bits per heavy atom. The summed E-state index contributed by atoms with van der Waals surface area (Å²) in [6.07, 6.45) is 4.81. The molecule has 2 aliphatic carbocycles. The van der Waals surface area contributed by atoms with E-state index in [9.17, 15) is 9.18 Å². The number of piperidine rings is 2. The molecule has 3 aromatic carbocycles. The molecule has 1 N–H and O–H groups in total. The first kappa shape index (κ1) is 21.7. The average molecular weight is 485 g/mol. The molecule has 3 fully saturated rings. The zero-order chi connectivity index (χ0) is 24.6. The number of carbonyl (C=O) groups excluding carboxylic acids is 1. The highest BCUT2D eigenvalue weighted by Gasteiger charge is 2.72. The van der Waals surface area contributed by atoms with E-state index in [2.05, 4.69) is 22.1 Å². The number of carbonyl (C=O) groups is 1. The highest BCUT2D eigenvalue weighted by Crippen LogP contribution is 2.68. The predicted octanol–water partition coefficient (Wildman–Crippen LogP) is 5.39. The van der Waals surface area contributed by atoms with Crippen molar-refractivity contribution in [2.45, 2.75) is 43.9 Å². The third-order valence-corrected chi connectivity index (χ3v) is 8.81. The van der Waals surface area contributed by atoms with Crippen molar-refractivity contribution >= 4 is 16.8 Å². The van der Waals surface area contributed by atoms with E-state index in [0.29, 0.717) is 23.2 Å². The lowest BCUT2D eigenvalue weighted by Crippen LogP contribution is -2.47. The van der Waals surface area contributed by atoms with E-state index in [-0.39, 0.29) is 35.5 Å². The van der Waals surface area contributed by atoms with E-state index < -0.39 is 0 Å². The molecular formula is C29H26F2N4O. The van der Waals surface area contributed by atoms with Crippen molar-refractivity contribution in [2.24, 2.45) is 5.41 Å². The fourth-order valence-corrected chi connectivity index (χ4v) is 6.84. The maximum absolute atomic E-state index is 15.2. The lowest BCUT2D eigenvalue weighted by atomic mass is 9.95. The summed E-state index contributed by atoms with van der Waals surface area (Å²) in [4.78, 5) is 18.1. The van der Waals surface area contributed by atoms with E-state index in [0.717, 1.165) is 41.3 Å². The van der Waals surface area contributed by atoms with E-state index >= 15 is 4.39 Å². The van der Waals surface area contributed by atoms with Gasteiger partial charge in [0.15, 0.2) is 0 Å². The van der Waals surface area contributed by atoms with Gasteiger partial charge in [-0.15, -0.1) is 0 Å². The van der Waals surface area contributed by atoms with Gasteiger partial charge in [0.1, 0.15) is 11.6 Å². The second-order valence-electron chi connectivity index (χ2n) is 10.6. The van der Waals surface area contributed by atoms with E-state index in [4.69, 9.17) is 0 Å². The van der Waals surface area contributed by atoms with E-state index in [1.807, 2.05) is 29.2 Å². The van der Waals surface area contributed by atoms with Crippen molar-refractivity contribution in [3.05, 3.63) is 89.6 Å². The van der Waals surface area contributed by atoms with Crippen molar-refractivity contribution < 1.29 is 13.6 Å². The van der Waals surface area contributed by atoms with Crippen LogP contribution in [0.5, 0.6) is 0 Å². The normalized spacial score (nSPS) is 26.4. The molecular weight excluding hydrogens is 458 g/mol. The number of aromatic nitrogens is 2. The Bertz CT molecular complexity index is 1500. The molecule has 2 saturated carbocycles. The Hall–Kier alpha value is -3.58. The summed E-state index contributed by atoms with van der Waals surface area (Å²) in [5.74, 6) is -0.876. The minimum atomic E-state index is -0.381. The molecule has 4 unspecified atom stereocenters. The number of benzene rings is 3. The van der Waals surface area contributed by atoms with Gasteiger partial charge in [-0.25, -0.2) is 8.78 Å². The summed E-state index contributed by atoms with van der Waals surface area (Å²) in [6, 6.07) is 17.7. The van der Waals surface area contributed by atoms with Crippen LogP contribution in [-0.4, -0.2) is 51.1 Å². The smallest absolute Gasteiger partial charge is 0.254 e. The number of likely N-dealkylation sites (tertiary alicyclic amines) is 1. The number of hydrogen-bond donors (Lipinski definition) is 1. The maximum atomic E-state index is 15.2. The molecule has 4 aromatic rings. The zero-order valence-electron chi connectivity index (χ0n) is 19.9. The van der Waals surface area contributed by atoms with Crippen LogP contribution in [0, 0.1) is 17.0 Å². The minimum Gasteiger partial charge on any atom is -0.331 e. The van der Waals surface area contributed by atoms with Crippen LogP contribution in [0.15, 0.2) is 66.9 Å². The number of nitrogens with zero attached hydrogens (tertiary/aromatic N) is 3. The largest absolute Gasteiger partial charge is 0.331 e. The molecule has 7 heteroatoms. The lowest BCUT2D eigenvalue weighted by molar-refractivity contribution is 0.0531. The molecule has 1 amide bonds. The van der Waals surface area contributed by atoms with Crippen molar-refractivity contribution in [2.75, 3.05) is 7.05 Å². The molecule has 3 aliphatic rings. The Labute approximate surface area is 207 Å². The van der Waals surface area contributed by atoms with E-state index in [1.54, 1.807) is 12.3 Å². The number of rotatable bonds is 5. The number of hydrogen-bond acceptors (Lipinski definition) is 3. The molecule has 1 aliphatic heterocycles. The molecule has 2 heterocycles. The number of fused-ring (bicyclic) bond motifs is 2. The highest BCUT2D eigenvalue weighted by atomic mass is 19.1. The summed E-state index contributed by atoms with van der Waals surface area (Å²) in [7, 11) is 2.17. The topological polar surface area (TPSA) is 52.2 Å². The van der Waals surface area contributed by atoms with Gasteiger partial charge in [0.05, 0.1) is 11.7 Å². The Morgan fingerprint density at radius 3 is 2.64 bits per heavy atom. The van der Waals surface area contributed by atoms with Crippen LogP contribution in [0.2, 0.25) is 0 Å². The molecule has 0 radical (unpaired) electrons. The zero-order valence-corrected chi connectivity index (χ0v) is 19.9. The van der Waals surface area contributed by atoms with Gasteiger partial charge in [-0.2, -0.15) is 5.10 Å². The van der Waals surface area contributed by atoms with Crippen LogP contribution in [0.25, 0.3) is 22.0 Å². The summed E-state index contributed by atoms with van der Waals surface area (Å²) in [5, 5.41) is 8.02. The van der Waals surface area contributed by atoms with Gasteiger partial charge in [0.2, 0.25) is 0 Å². The highest BCUT2D eigenvalue weighted by molar-refractivity contribution is 5.94. The third-order valence-electron chi connectivity index (χ3n) is 8.81. The number of halogens is 2. The Morgan fingerprint density at radius 1 is 1.08 bits per heavy atom. The van der Waals surface area contributed by atoms with Crippen molar-refractivity contribution in [1.82, 2.24) is 20.0 Å².